The predicted octanol–water partition coefficient (Wildman–Crippen LogP) is 1.27. The van der Waals surface area contributed by atoms with Crippen molar-refractivity contribution in [2.45, 2.75) is 25.0 Å². The van der Waals surface area contributed by atoms with E-state index in [2.05, 4.69) is 4.98 Å². The van der Waals surface area contributed by atoms with E-state index in [0.717, 1.165) is 18.3 Å². The van der Waals surface area contributed by atoms with Gasteiger partial charge in [0.25, 0.3) is 0 Å². The Morgan fingerprint density at radius 1 is 1.45 bits per heavy atom. The van der Waals surface area contributed by atoms with E-state index in [1.54, 1.807) is 12.5 Å². The summed E-state index contributed by atoms with van der Waals surface area (Å²) in [6, 6.07) is 3.27. The fraction of sp³-hybridized carbons (Fsp3) is 0.250. The van der Waals surface area contributed by atoms with Gasteiger partial charge >= 0.3 is 0 Å². The molecular weight excluding hydrogens is 285 g/mol. The molecule has 0 saturated carbocycles. The molecule has 108 valence electrons. The second-order valence-corrected chi connectivity index (χ2v) is 5.66. The third kappa shape index (κ3) is 3.14. The lowest BCUT2D eigenvalue weighted by Gasteiger charge is -2.09. The first-order chi connectivity index (χ1) is 9.41. The molecule has 6 nitrogen and oxygen atoms in total. The van der Waals surface area contributed by atoms with E-state index in [-0.39, 0.29) is 17.3 Å². The van der Waals surface area contributed by atoms with E-state index >= 15 is 0 Å². The largest absolute Gasteiger partial charge is 0.484 e. The number of halogens is 1. The second-order valence-electron chi connectivity index (χ2n) is 4.10. The predicted molar refractivity (Wildman–Crippen MR) is 70.0 cm³/mol. The van der Waals surface area contributed by atoms with E-state index in [4.69, 9.17) is 9.88 Å². The van der Waals surface area contributed by atoms with E-state index in [0.29, 0.717) is 0 Å². The number of aromatic nitrogens is 2. The Balaban J connectivity index is 2.15. The molecule has 0 fully saturated rings. The number of rotatable bonds is 5. The molecular formula is C12H14FN3O3S. The van der Waals surface area contributed by atoms with Gasteiger partial charge in [-0.1, -0.05) is 0 Å². The van der Waals surface area contributed by atoms with Gasteiger partial charge in [-0.05, 0) is 25.1 Å². The van der Waals surface area contributed by atoms with Crippen molar-refractivity contribution < 1.29 is 17.5 Å². The Bertz CT molecular complexity index is 712. The van der Waals surface area contributed by atoms with Gasteiger partial charge < -0.3 is 9.30 Å². The zero-order chi connectivity index (χ0) is 14.8. The first-order valence-corrected chi connectivity index (χ1v) is 7.40. The summed E-state index contributed by atoms with van der Waals surface area (Å²) in [4.78, 5) is 3.68. The third-order valence-corrected chi connectivity index (χ3v) is 3.66. The standard InChI is InChI=1S/C12H14FN3O3S/c1-2-16-8-15-6-9(16)7-19-12-4-3-10(5-11(12)13)20(14,17)18/h3-6,8H,2,7H2,1H3,(H2,14,17,18). The zero-order valence-electron chi connectivity index (χ0n) is 10.8. The molecule has 0 radical (unpaired) electrons. The topological polar surface area (TPSA) is 87.2 Å². The maximum absolute atomic E-state index is 13.7. The van der Waals surface area contributed by atoms with Crippen LogP contribution >= 0.6 is 0 Å². The molecule has 1 aromatic carbocycles. The summed E-state index contributed by atoms with van der Waals surface area (Å²) in [6.45, 7) is 2.82. The van der Waals surface area contributed by atoms with Gasteiger partial charge in [-0.3, -0.25) is 0 Å². The number of nitrogens with two attached hydrogens (primary N) is 1. The van der Waals surface area contributed by atoms with Gasteiger partial charge in [0.2, 0.25) is 10.0 Å². The van der Waals surface area contributed by atoms with Crippen LogP contribution in [-0.2, 0) is 23.2 Å². The van der Waals surface area contributed by atoms with Gasteiger partial charge in [-0.2, -0.15) is 0 Å². The van der Waals surface area contributed by atoms with E-state index in [1.807, 2.05) is 11.5 Å². The van der Waals surface area contributed by atoms with Crippen molar-refractivity contribution in [2.75, 3.05) is 0 Å². The Kier molecular flexibility index (Phi) is 4.05. The summed E-state index contributed by atoms with van der Waals surface area (Å²) in [5.41, 5.74) is 0.794. The summed E-state index contributed by atoms with van der Waals surface area (Å²) < 4.78 is 43.1. The summed E-state index contributed by atoms with van der Waals surface area (Å²) in [5, 5.41) is 4.92. The summed E-state index contributed by atoms with van der Waals surface area (Å²) in [7, 11) is -3.92. The van der Waals surface area contributed by atoms with E-state index in [9.17, 15) is 12.8 Å². The van der Waals surface area contributed by atoms with Crippen molar-refractivity contribution in [3.8, 4) is 5.75 Å². The number of nitrogens with zero attached hydrogens (tertiary/aromatic N) is 2. The molecule has 0 spiro atoms. The highest BCUT2D eigenvalue weighted by Crippen LogP contribution is 2.21. The fourth-order valence-electron chi connectivity index (χ4n) is 1.68. The average molecular weight is 299 g/mol. The molecule has 1 aromatic heterocycles. The van der Waals surface area contributed by atoms with Crippen LogP contribution in [-0.4, -0.2) is 18.0 Å². The lowest BCUT2D eigenvalue weighted by molar-refractivity contribution is 0.280. The molecule has 0 saturated heterocycles. The lowest BCUT2D eigenvalue weighted by Crippen LogP contribution is -2.12. The highest BCUT2D eigenvalue weighted by atomic mass is 32.2. The number of primary sulfonamides is 1. The molecule has 20 heavy (non-hydrogen) atoms. The highest BCUT2D eigenvalue weighted by molar-refractivity contribution is 7.89. The summed E-state index contributed by atoms with van der Waals surface area (Å²) in [5.74, 6) is -0.819. The lowest BCUT2D eigenvalue weighted by atomic mass is 10.3. The minimum absolute atomic E-state index is 0.0405. The van der Waals surface area contributed by atoms with Crippen molar-refractivity contribution in [3.05, 3.63) is 42.2 Å². The minimum Gasteiger partial charge on any atom is -0.484 e. The van der Waals surface area contributed by atoms with Gasteiger partial charge in [0.1, 0.15) is 6.61 Å². The third-order valence-electron chi connectivity index (χ3n) is 2.75. The summed E-state index contributed by atoms with van der Waals surface area (Å²) >= 11 is 0. The number of benzene rings is 1. The van der Waals surface area contributed by atoms with Gasteiger partial charge in [-0.15, -0.1) is 0 Å². The van der Waals surface area contributed by atoms with Crippen LogP contribution in [0.2, 0.25) is 0 Å². The second kappa shape index (κ2) is 5.59. The molecule has 0 aliphatic heterocycles. The van der Waals surface area contributed by atoms with Crippen LogP contribution in [0.25, 0.3) is 0 Å². The molecule has 0 aliphatic rings. The van der Waals surface area contributed by atoms with Gasteiger partial charge in [0, 0.05) is 6.54 Å². The molecule has 8 heteroatoms. The molecule has 2 rings (SSSR count). The first kappa shape index (κ1) is 14.5. The SMILES string of the molecule is CCn1cncc1COc1ccc(S(N)(=O)=O)cc1F. The molecule has 2 aromatic rings. The minimum atomic E-state index is -3.92. The van der Waals surface area contributed by atoms with Crippen LogP contribution < -0.4 is 9.88 Å². The van der Waals surface area contributed by atoms with Gasteiger partial charge in [0.15, 0.2) is 11.6 Å². The maximum atomic E-state index is 13.7. The number of sulfonamides is 1. The van der Waals surface area contributed by atoms with E-state index in [1.165, 1.54) is 12.1 Å². The van der Waals surface area contributed by atoms with Crippen LogP contribution in [0.5, 0.6) is 5.75 Å². The average Bonchev–Trinajstić information content (AvgIpc) is 2.83. The monoisotopic (exact) mass is 299 g/mol. The molecule has 0 atom stereocenters. The quantitative estimate of drug-likeness (QED) is 0.900. The molecule has 0 aliphatic carbocycles. The molecule has 0 amide bonds. The van der Waals surface area contributed by atoms with Crippen molar-refractivity contribution in [1.29, 1.82) is 0 Å². The number of ether oxygens (including phenoxy) is 1. The highest BCUT2D eigenvalue weighted by Gasteiger charge is 2.12. The molecule has 2 N–H and O–H groups in total. The van der Waals surface area contributed by atoms with Crippen LogP contribution in [0.15, 0.2) is 35.6 Å². The van der Waals surface area contributed by atoms with Gasteiger partial charge in [-0.25, -0.2) is 22.9 Å². The Hall–Kier alpha value is -1.93. The Morgan fingerprint density at radius 3 is 2.80 bits per heavy atom. The molecule has 1 heterocycles. The Labute approximate surface area is 116 Å². The number of hydrogen-bond acceptors (Lipinski definition) is 4. The zero-order valence-corrected chi connectivity index (χ0v) is 11.6. The Morgan fingerprint density at radius 2 is 2.20 bits per heavy atom. The first-order valence-electron chi connectivity index (χ1n) is 5.86. The number of imidazole rings is 1. The normalized spacial score (nSPS) is 11.6. The van der Waals surface area contributed by atoms with Crippen LogP contribution in [0, 0.1) is 5.82 Å². The van der Waals surface area contributed by atoms with Crippen molar-refractivity contribution in [1.82, 2.24) is 9.55 Å². The summed E-state index contributed by atoms with van der Waals surface area (Å²) in [6.07, 6.45) is 3.28. The fourth-order valence-corrected chi connectivity index (χ4v) is 2.21. The van der Waals surface area contributed by atoms with E-state index < -0.39 is 15.8 Å². The smallest absolute Gasteiger partial charge is 0.238 e. The van der Waals surface area contributed by atoms with Crippen molar-refractivity contribution in [2.24, 2.45) is 5.14 Å². The molecule has 0 unspecified atom stereocenters. The number of hydrogen-bond donors (Lipinski definition) is 1. The van der Waals surface area contributed by atoms with Crippen LogP contribution in [0.1, 0.15) is 12.6 Å². The molecule has 0 bridgehead atoms. The van der Waals surface area contributed by atoms with Crippen molar-refractivity contribution >= 4 is 10.0 Å². The van der Waals surface area contributed by atoms with Gasteiger partial charge in [0.05, 0.1) is 23.1 Å². The van der Waals surface area contributed by atoms with Crippen LogP contribution in [0.4, 0.5) is 4.39 Å². The van der Waals surface area contributed by atoms with Crippen LogP contribution in [0.3, 0.4) is 0 Å². The number of aryl methyl sites for hydroxylation is 1. The maximum Gasteiger partial charge on any atom is 0.238 e. The van der Waals surface area contributed by atoms with Crippen molar-refractivity contribution in [3.63, 3.8) is 0 Å².